The van der Waals surface area contributed by atoms with E-state index in [-0.39, 0.29) is 0 Å². The quantitative estimate of drug-likeness (QED) is 0.310. The van der Waals surface area contributed by atoms with Gasteiger partial charge in [-0.25, -0.2) is 0 Å². The zero-order chi connectivity index (χ0) is 11.5. The fourth-order valence-corrected chi connectivity index (χ4v) is 0.629. The summed E-state index contributed by atoms with van der Waals surface area (Å²) in [6.45, 7) is 2.51. The van der Waals surface area contributed by atoms with Gasteiger partial charge < -0.3 is 18.9 Å². The van der Waals surface area contributed by atoms with Gasteiger partial charge in [0.05, 0.1) is 0 Å². The summed E-state index contributed by atoms with van der Waals surface area (Å²) in [5, 5.41) is 4.34. The van der Waals surface area contributed by atoms with Gasteiger partial charge in [-0.1, -0.05) is 5.04 Å². The van der Waals surface area contributed by atoms with Crippen molar-refractivity contribution in [2.45, 2.75) is 26.8 Å². The summed E-state index contributed by atoms with van der Waals surface area (Å²) in [5.74, 6) is 0. The van der Waals surface area contributed by atoms with Crippen molar-refractivity contribution in [2.24, 2.45) is 0 Å². The van der Waals surface area contributed by atoms with E-state index in [1.807, 2.05) is 0 Å². The molecule has 0 fully saturated rings. The summed E-state index contributed by atoms with van der Waals surface area (Å²) in [5.41, 5.74) is 0. The topological polar surface area (TPSA) is 64.6 Å². The number of methoxy groups -OCH3 is 2. The molecule has 7 heteroatoms. The van der Waals surface area contributed by atoms with E-state index >= 15 is 0 Å². The maximum Gasteiger partial charge on any atom is 0.304 e. The van der Waals surface area contributed by atoms with E-state index in [1.165, 1.54) is 14.2 Å². The van der Waals surface area contributed by atoms with Crippen LogP contribution in [-0.4, -0.2) is 40.4 Å². The highest BCUT2D eigenvalue weighted by Gasteiger charge is 2.12. The van der Waals surface area contributed by atoms with Crippen LogP contribution in [0.3, 0.4) is 0 Å². The molecule has 0 saturated carbocycles. The lowest BCUT2D eigenvalue weighted by atomic mass is 10.9. The second-order valence-electron chi connectivity index (χ2n) is 2.22. The minimum atomic E-state index is -0.950. The van der Waals surface area contributed by atoms with Gasteiger partial charge in [-0.05, 0) is 13.8 Å². The first kappa shape index (κ1) is 14.7. The van der Waals surface area contributed by atoms with Gasteiger partial charge in [0.2, 0.25) is 0 Å². The molecule has 7 nitrogen and oxygen atoms in total. The van der Waals surface area contributed by atoms with Gasteiger partial charge in [-0.3, -0.25) is 0 Å². The molecule has 0 aromatic rings. The summed E-state index contributed by atoms with van der Waals surface area (Å²) in [4.78, 5) is 9.17. The van der Waals surface area contributed by atoms with Crippen LogP contribution in [0.1, 0.15) is 13.8 Å². The molecule has 0 amide bonds. The fraction of sp³-hybridized carbons (Fsp3) is 1.00. The molecule has 0 saturated heterocycles. The predicted molar refractivity (Wildman–Crippen MR) is 48.1 cm³/mol. The van der Waals surface area contributed by atoms with E-state index in [9.17, 15) is 0 Å². The molecule has 92 valence electrons. The van der Waals surface area contributed by atoms with E-state index in [0.717, 1.165) is 0 Å². The molecule has 0 rings (SSSR count). The van der Waals surface area contributed by atoms with Crippen molar-refractivity contribution in [2.75, 3.05) is 27.4 Å². The molecule has 0 aliphatic heterocycles. The maximum atomic E-state index is 4.94. The van der Waals surface area contributed by atoms with Crippen LogP contribution in [0.2, 0.25) is 0 Å². The van der Waals surface area contributed by atoms with Crippen LogP contribution in [0.15, 0.2) is 0 Å². The highest BCUT2D eigenvalue weighted by atomic mass is 17.5. The van der Waals surface area contributed by atoms with Crippen molar-refractivity contribution in [3.63, 3.8) is 0 Å². The Labute approximate surface area is 88.9 Å². The van der Waals surface area contributed by atoms with Gasteiger partial charge in [-0.15, -0.1) is 9.78 Å². The molecule has 0 aliphatic carbocycles. The molecule has 0 aromatic heterocycles. The van der Waals surface area contributed by atoms with Gasteiger partial charge in [-0.2, -0.15) is 0 Å². The third-order valence-corrected chi connectivity index (χ3v) is 1.23. The minimum Gasteiger partial charge on any atom is -0.331 e. The van der Waals surface area contributed by atoms with Gasteiger partial charge in [0.25, 0.3) is 0 Å². The number of rotatable bonds is 10. The smallest absolute Gasteiger partial charge is 0.304 e. The van der Waals surface area contributed by atoms with Crippen LogP contribution in [0.4, 0.5) is 0 Å². The largest absolute Gasteiger partial charge is 0.331 e. The summed E-state index contributed by atoms with van der Waals surface area (Å²) in [6.07, 6.45) is 0. The molecule has 15 heavy (non-hydrogen) atoms. The third kappa shape index (κ3) is 7.63. The first-order valence-corrected chi connectivity index (χ1v) is 4.56. The van der Waals surface area contributed by atoms with Crippen molar-refractivity contribution >= 4 is 0 Å². The average molecular weight is 226 g/mol. The molecular formula is C8H18O7. The first-order chi connectivity index (χ1) is 7.28. The Balaban J connectivity index is 3.55. The number of ether oxygens (including phenoxy) is 4. The first-order valence-electron chi connectivity index (χ1n) is 4.56. The molecule has 2 atom stereocenters. The zero-order valence-electron chi connectivity index (χ0n) is 9.43. The van der Waals surface area contributed by atoms with E-state index < -0.39 is 13.0 Å². The standard InChI is InChI=1S/C8H18O7/c1-5-11-7(9-3)13-15-14-8(10-4)12-6-2/h7-8H,5-6H2,1-4H3. The summed E-state index contributed by atoms with van der Waals surface area (Å²) < 4.78 is 19.3. The van der Waals surface area contributed by atoms with Crippen LogP contribution >= 0.6 is 0 Å². The Hall–Kier alpha value is -0.280. The van der Waals surface area contributed by atoms with Crippen LogP contribution < -0.4 is 0 Å². The van der Waals surface area contributed by atoms with Crippen LogP contribution in [-0.2, 0) is 33.8 Å². The van der Waals surface area contributed by atoms with Crippen LogP contribution in [0.5, 0.6) is 0 Å². The Morgan fingerprint density at radius 3 is 1.47 bits per heavy atom. The molecule has 0 aromatic carbocycles. The monoisotopic (exact) mass is 226 g/mol. The molecular weight excluding hydrogens is 208 g/mol. The Bertz CT molecular complexity index is 118. The molecule has 0 N–H and O–H groups in total. The normalized spacial score (nSPS) is 15.2. The van der Waals surface area contributed by atoms with E-state index in [2.05, 4.69) is 14.8 Å². The van der Waals surface area contributed by atoms with Crippen molar-refractivity contribution in [3.8, 4) is 0 Å². The van der Waals surface area contributed by atoms with Gasteiger partial charge in [0.15, 0.2) is 0 Å². The molecule has 0 bridgehead atoms. The Kier molecular flexibility index (Phi) is 10.1. The lowest BCUT2D eigenvalue weighted by Gasteiger charge is -2.16. The van der Waals surface area contributed by atoms with Gasteiger partial charge in [0.1, 0.15) is 0 Å². The summed E-state index contributed by atoms with van der Waals surface area (Å²) >= 11 is 0. The second-order valence-corrected chi connectivity index (χ2v) is 2.22. The van der Waals surface area contributed by atoms with Crippen molar-refractivity contribution < 1.29 is 33.8 Å². The highest BCUT2D eigenvalue weighted by molar-refractivity contribution is 4.15. The minimum absolute atomic E-state index is 0.418. The number of hydrogen-bond acceptors (Lipinski definition) is 7. The summed E-state index contributed by atoms with van der Waals surface area (Å²) in [6, 6.07) is 0. The Morgan fingerprint density at radius 2 is 1.20 bits per heavy atom. The molecule has 0 spiro atoms. The van der Waals surface area contributed by atoms with E-state index in [0.29, 0.717) is 13.2 Å². The fourth-order valence-electron chi connectivity index (χ4n) is 0.629. The van der Waals surface area contributed by atoms with Crippen molar-refractivity contribution in [1.29, 1.82) is 0 Å². The van der Waals surface area contributed by atoms with Crippen molar-refractivity contribution in [1.82, 2.24) is 0 Å². The van der Waals surface area contributed by atoms with Crippen LogP contribution in [0, 0.1) is 0 Å². The number of hydrogen-bond donors (Lipinski definition) is 0. The molecule has 0 radical (unpaired) electrons. The maximum absolute atomic E-state index is 4.94. The Morgan fingerprint density at radius 1 is 0.800 bits per heavy atom. The van der Waals surface area contributed by atoms with E-state index in [4.69, 9.17) is 18.9 Å². The van der Waals surface area contributed by atoms with Crippen molar-refractivity contribution in [3.05, 3.63) is 0 Å². The molecule has 0 heterocycles. The van der Waals surface area contributed by atoms with E-state index in [1.54, 1.807) is 13.8 Å². The lowest BCUT2D eigenvalue weighted by molar-refractivity contribution is -0.615. The third-order valence-electron chi connectivity index (χ3n) is 1.23. The average Bonchev–Trinajstić information content (AvgIpc) is 2.26. The summed E-state index contributed by atoms with van der Waals surface area (Å²) in [7, 11) is 2.81. The van der Waals surface area contributed by atoms with Gasteiger partial charge in [0, 0.05) is 27.4 Å². The zero-order valence-corrected chi connectivity index (χ0v) is 9.43. The second kappa shape index (κ2) is 10.2. The SMILES string of the molecule is CCOC(OC)OOOC(OC)OCC. The van der Waals surface area contributed by atoms with Crippen LogP contribution in [0.25, 0.3) is 0 Å². The predicted octanol–water partition coefficient (Wildman–Crippen LogP) is 0.799. The lowest BCUT2D eigenvalue weighted by Crippen LogP contribution is -2.24. The molecule has 2 unspecified atom stereocenters. The highest BCUT2D eigenvalue weighted by Crippen LogP contribution is 2.01. The van der Waals surface area contributed by atoms with Gasteiger partial charge >= 0.3 is 13.0 Å². The molecule has 0 aliphatic rings.